The van der Waals surface area contributed by atoms with Crippen molar-refractivity contribution in [3.05, 3.63) is 59.3 Å². The summed E-state index contributed by atoms with van der Waals surface area (Å²) in [6.45, 7) is 11.0. The van der Waals surface area contributed by atoms with E-state index in [9.17, 15) is 5.11 Å². The molecule has 1 aromatic carbocycles. The van der Waals surface area contributed by atoms with E-state index in [-0.39, 0.29) is 0 Å². The maximum absolute atomic E-state index is 10.9. The van der Waals surface area contributed by atoms with Crippen LogP contribution in [0.2, 0.25) is 19.6 Å². The van der Waals surface area contributed by atoms with Gasteiger partial charge in [-0.2, -0.15) is 0 Å². The average molecular weight is 286 g/mol. The first-order valence-electron chi connectivity index (χ1n) is 7.54. The number of rotatable bonds is 4. The van der Waals surface area contributed by atoms with Gasteiger partial charge >= 0.3 is 0 Å². The Bertz CT molecular complexity index is 496. The molecule has 1 nitrogen and oxygen atoms in total. The number of benzene rings is 1. The summed E-state index contributed by atoms with van der Waals surface area (Å²) in [4.78, 5) is 0. The monoisotopic (exact) mass is 286 g/mol. The van der Waals surface area contributed by atoms with E-state index in [0.717, 1.165) is 12.0 Å². The Balaban J connectivity index is 2.49. The normalized spacial score (nSPS) is 23.5. The van der Waals surface area contributed by atoms with Gasteiger partial charge < -0.3 is 5.11 Å². The van der Waals surface area contributed by atoms with E-state index in [4.69, 9.17) is 0 Å². The Hall–Kier alpha value is -1.12. The molecule has 0 aromatic heterocycles. The van der Waals surface area contributed by atoms with Crippen LogP contribution in [0.5, 0.6) is 0 Å². The largest absolute Gasteiger partial charge is 0.384 e. The van der Waals surface area contributed by atoms with E-state index >= 15 is 0 Å². The molecule has 0 saturated heterocycles. The summed E-state index contributed by atoms with van der Waals surface area (Å²) in [5, 5.41) is 12.3. The lowest BCUT2D eigenvalue weighted by Gasteiger charge is -2.30. The van der Waals surface area contributed by atoms with Crippen LogP contribution in [0.4, 0.5) is 0 Å². The molecule has 0 heterocycles. The molecule has 2 unspecified atom stereocenters. The van der Waals surface area contributed by atoms with Crippen molar-refractivity contribution in [2.75, 3.05) is 0 Å². The second-order valence-corrected chi connectivity index (χ2v) is 11.8. The van der Waals surface area contributed by atoms with Gasteiger partial charge in [0.05, 0.1) is 14.2 Å². The number of hydrogen-bond donors (Lipinski definition) is 1. The van der Waals surface area contributed by atoms with Crippen LogP contribution < -0.4 is 0 Å². The number of hydrogen-bond acceptors (Lipinski definition) is 1. The fourth-order valence-electron chi connectivity index (χ4n) is 3.34. The Morgan fingerprint density at radius 1 is 1.30 bits per heavy atom. The van der Waals surface area contributed by atoms with E-state index in [1.54, 1.807) is 0 Å². The predicted octanol–water partition coefficient (Wildman–Crippen LogP) is 4.88. The Labute approximate surface area is 124 Å². The van der Waals surface area contributed by atoms with Crippen LogP contribution in [0.25, 0.3) is 0 Å². The highest BCUT2D eigenvalue weighted by Crippen LogP contribution is 2.41. The van der Waals surface area contributed by atoms with Crippen LogP contribution in [0.3, 0.4) is 0 Å². The van der Waals surface area contributed by atoms with Crippen molar-refractivity contribution in [3.8, 4) is 0 Å². The summed E-state index contributed by atoms with van der Waals surface area (Å²) >= 11 is 0. The quantitative estimate of drug-likeness (QED) is 0.618. The fourth-order valence-corrected chi connectivity index (χ4v) is 5.60. The van der Waals surface area contributed by atoms with Crippen molar-refractivity contribution in [3.63, 3.8) is 0 Å². The van der Waals surface area contributed by atoms with E-state index < -0.39 is 14.2 Å². The van der Waals surface area contributed by atoms with Gasteiger partial charge in [-0.25, -0.2) is 0 Å². The van der Waals surface area contributed by atoms with Crippen molar-refractivity contribution in [1.29, 1.82) is 0 Å². The molecule has 2 rings (SSSR count). The molecule has 2 atom stereocenters. The van der Waals surface area contributed by atoms with Crippen LogP contribution in [-0.4, -0.2) is 13.2 Å². The zero-order chi connectivity index (χ0) is 14.8. The zero-order valence-corrected chi connectivity index (χ0v) is 13.9. The summed E-state index contributed by atoms with van der Waals surface area (Å²) in [5.74, 6) is 0.468. The number of allylic oxidation sites excluding steroid dienone is 2. The highest BCUT2D eigenvalue weighted by Gasteiger charge is 2.33. The van der Waals surface area contributed by atoms with Crippen LogP contribution in [0, 0.1) is 5.92 Å². The second kappa shape index (κ2) is 6.11. The molecule has 2 heteroatoms. The van der Waals surface area contributed by atoms with E-state index in [1.165, 1.54) is 23.6 Å². The lowest BCUT2D eigenvalue weighted by atomic mass is 9.98. The maximum atomic E-state index is 10.9. The smallest absolute Gasteiger partial charge is 0.0969 e. The zero-order valence-electron chi connectivity index (χ0n) is 12.9. The summed E-state index contributed by atoms with van der Waals surface area (Å²) in [7, 11) is -1.57. The van der Waals surface area contributed by atoms with E-state index in [0.29, 0.717) is 5.92 Å². The summed E-state index contributed by atoms with van der Waals surface area (Å²) < 4.78 is 0. The lowest BCUT2D eigenvalue weighted by molar-refractivity contribution is 0.220. The molecule has 1 aromatic rings. The highest BCUT2D eigenvalue weighted by molar-refractivity contribution is 6.83. The first-order valence-corrected chi connectivity index (χ1v) is 11.0. The van der Waals surface area contributed by atoms with E-state index in [1.807, 2.05) is 30.3 Å². The first kappa shape index (κ1) is 15.3. The topological polar surface area (TPSA) is 20.2 Å². The maximum Gasteiger partial charge on any atom is 0.0969 e. The van der Waals surface area contributed by atoms with Gasteiger partial charge in [0.2, 0.25) is 0 Å². The molecule has 1 aliphatic rings. The molecule has 1 aliphatic carbocycles. The van der Waals surface area contributed by atoms with Gasteiger partial charge in [0.25, 0.3) is 0 Å². The molecule has 0 aliphatic heterocycles. The molecule has 0 radical (unpaired) electrons. The first-order chi connectivity index (χ1) is 9.45. The minimum Gasteiger partial charge on any atom is -0.384 e. The third-order valence-corrected chi connectivity index (χ3v) is 6.45. The molecular weight excluding hydrogens is 260 g/mol. The van der Waals surface area contributed by atoms with Crippen LogP contribution >= 0.6 is 0 Å². The molecule has 1 saturated carbocycles. The molecule has 20 heavy (non-hydrogen) atoms. The van der Waals surface area contributed by atoms with Gasteiger partial charge in [-0.05, 0) is 35.9 Å². The van der Waals surface area contributed by atoms with Gasteiger partial charge in [0, 0.05) is 0 Å². The van der Waals surface area contributed by atoms with Gasteiger partial charge in [-0.3, -0.25) is 0 Å². The Morgan fingerprint density at radius 3 is 2.50 bits per heavy atom. The van der Waals surface area contributed by atoms with Crippen molar-refractivity contribution in [2.24, 2.45) is 5.92 Å². The molecule has 0 amide bonds. The number of aliphatic hydroxyl groups excluding tert-OH is 1. The Morgan fingerprint density at radius 2 is 1.95 bits per heavy atom. The summed E-state index contributed by atoms with van der Waals surface area (Å²) in [5.41, 5.74) is 2.49. The second-order valence-electron chi connectivity index (χ2n) is 6.74. The van der Waals surface area contributed by atoms with Crippen LogP contribution in [-0.2, 0) is 0 Å². The van der Waals surface area contributed by atoms with Crippen molar-refractivity contribution >= 4 is 8.07 Å². The van der Waals surface area contributed by atoms with Crippen LogP contribution in [0.1, 0.15) is 30.9 Å². The van der Waals surface area contributed by atoms with E-state index in [2.05, 4.69) is 32.3 Å². The van der Waals surface area contributed by atoms with Gasteiger partial charge in [-0.1, -0.05) is 61.6 Å². The van der Waals surface area contributed by atoms with Crippen molar-refractivity contribution < 1.29 is 5.11 Å². The standard InChI is InChI=1S/C18H26OSi/c1-5-14-12-9-13-16(14)18(20(2,3)4)17(19)15-10-7-6-8-11-15/h5-8,10-11,14,17,19H,1,9,12-13H2,2-4H3/b18-16+. The summed E-state index contributed by atoms with van der Waals surface area (Å²) in [6, 6.07) is 10.1. The molecule has 1 N–H and O–H groups in total. The van der Waals surface area contributed by atoms with Crippen molar-refractivity contribution in [2.45, 2.75) is 45.0 Å². The molecule has 0 bridgehead atoms. The minimum atomic E-state index is -1.57. The summed E-state index contributed by atoms with van der Waals surface area (Å²) in [6.07, 6.45) is 5.16. The van der Waals surface area contributed by atoms with Gasteiger partial charge in [0.1, 0.15) is 0 Å². The average Bonchev–Trinajstić information content (AvgIpc) is 2.86. The van der Waals surface area contributed by atoms with Crippen LogP contribution in [0.15, 0.2) is 53.8 Å². The van der Waals surface area contributed by atoms with Gasteiger partial charge in [-0.15, -0.1) is 6.58 Å². The van der Waals surface area contributed by atoms with Crippen molar-refractivity contribution in [1.82, 2.24) is 0 Å². The highest BCUT2D eigenvalue weighted by atomic mass is 28.3. The molecule has 108 valence electrons. The third-order valence-electron chi connectivity index (χ3n) is 4.24. The molecule has 0 spiro atoms. The molecular formula is C18H26OSi. The molecule has 1 fully saturated rings. The third kappa shape index (κ3) is 3.13. The SMILES string of the molecule is C=CC1CCC/C1=C(/C(O)c1ccccc1)[Si](C)(C)C. The lowest BCUT2D eigenvalue weighted by Crippen LogP contribution is -2.30. The number of aliphatic hydroxyl groups is 1. The van der Waals surface area contributed by atoms with Gasteiger partial charge in [0.15, 0.2) is 0 Å². The minimum absolute atomic E-state index is 0.446. The fraction of sp³-hybridized carbons (Fsp3) is 0.444. The Kier molecular flexibility index (Phi) is 4.66. The predicted molar refractivity (Wildman–Crippen MR) is 89.3 cm³/mol.